The predicted octanol–water partition coefficient (Wildman–Crippen LogP) is 3.15. The zero-order valence-electron chi connectivity index (χ0n) is 14.1. The highest BCUT2D eigenvalue weighted by Crippen LogP contribution is 2.32. The van der Waals surface area contributed by atoms with Crippen molar-refractivity contribution in [2.24, 2.45) is 5.73 Å². The maximum Gasteiger partial charge on any atom is 0.416 e. The van der Waals surface area contributed by atoms with Gasteiger partial charge in [0.2, 0.25) is 0 Å². The van der Waals surface area contributed by atoms with Crippen LogP contribution in [0.4, 0.5) is 13.2 Å². The van der Waals surface area contributed by atoms with E-state index in [1.165, 1.54) is 23.4 Å². The Morgan fingerprint density at radius 3 is 2.59 bits per heavy atom. The summed E-state index contributed by atoms with van der Waals surface area (Å²) in [5.41, 5.74) is 5.69. The van der Waals surface area contributed by atoms with Gasteiger partial charge in [-0.3, -0.25) is 9.78 Å². The van der Waals surface area contributed by atoms with Gasteiger partial charge in [0.05, 0.1) is 16.8 Å². The summed E-state index contributed by atoms with van der Waals surface area (Å²) < 4.78 is 40.2. The molecule has 27 heavy (non-hydrogen) atoms. The number of primary amides is 1. The molecule has 9 heteroatoms. The van der Waals surface area contributed by atoms with E-state index in [2.05, 4.69) is 15.1 Å². The van der Waals surface area contributed by atoms with Crippen LogP contribution in [-0.2, 0) is 11.0 Å². The van der Waals surface area contributed by atoms with Crippen molar-refractivity contribution in [3.8, 4) is 11.4 Å². The molecule has 0 bridgehead atoms. The minimum absolute atomic E-state index is 0.0882. The van der Waals surface area contributed by atoms with Crippen LogP contribution in [-0.4, -0.2) is 25.7 Å². The van der Waals surface area contributed by atoms with Gasteiger partial charge in [0.15, 0.2) is 5.82 Å². The maximum absolute atomic E-state index is 13.0. The quantitative estimate of drug-likeness (QED) is 0.712. The second-order valence-corrected chi connectivity index (χ2v) is 5.76. The van der Waals surface area contributed by atoms with Gasteiger partial charge in [0.25, 0.3) is 5.91 Å². The number of hydrogen-bond acceptors (Lipinski definition) is 4. The molecule has 0 unspecified atom stereocenters. The summed E-state index contributed by atoms with van der Waals surface area (Å²) in [5.74, 6) is -0.633. The van der Waals surface area contributed by atoms with Crippen molar-refractivity contribution in [2.45, 2.75) is 13.1 Å². The minimum Gasteiger partial charge on any atom is -0.365 e. The Morgan fingerprint density at radius 1 is 1.19 bits per heavy atom. The Morgan fingerprint density at radius 2 is 1.96 bits per heavy atom. The molecule has 2 N–H and O–H groups in total. The zero-order chi connectivity index (χ0) is 19.6. The van der Waals surface area contributed by atoms with Gasteiger partial charge in [0.1, 0.15) is 6.33 Å². The van der Waals surface area contributed by atoms with Gasteiger partial charge in [-0.25, -0.2) is 9.67 Å². The summed E-state index contributed by atoms with van der Waals surface area (Å²) in [6.07, 6.45) is -0.371. The summed E-state index contributed by atoms with van der Waals surface area (Å²) in [7, 11) is 0. The number of carbonyl (C=O) groups is 1. The minimum atomic E-state index is -4.47. The monoisotopic (exact) mass is 373 g/mol. The molecule has 6 nitrogen and oxygen atoms in total. The molecule has 0 atom stereocenters. The van der Waals surface area contributed by atoms with Gasteiger partial charge >= 0.3 is 6.18 Å². The van der Waals surface area contributed by atoms with Crippen LogP contribution >= 0.6 is 0 Å². The first-order chi connectivity index (χ1) is 12.7. The van der Waals surface area contributed by atoms with E-state index in [1.54, 1.807) is 31.2 Å². The highest BCUT2D eigenvalue weighted by atomic mass is 19.4. The number of aromatic nitrogens is 4. The fourth-order valence-corrected chi connectivity index (χ4v) is 2.46. The molecule has 0 saturated heterocycles. The van der Waals surface area contributed by atoms with Gasteiger partial charge in [-0.2, -0.15) is 13.2 Å². The Bertz CT molecular complexity index is 1010. The van der Waals surface area contributed by atoms with Crippen molar-refractivity contribution in [3.63, 3.8) is 0 Å². The van der Waals surface area contributed by atoms with Crippen LogP contribution in [0.15, 0.2) is 48.9 Å². The second-order valence-electron chi connectivity index (χ2n) is 5.76. The molecule has 0 radical (unpaired) electrons. The number of rotatable bonds is 4. The fraction of sp³-hybridized carbons (Fsp3) is 0.111. The van der Waals surface area contributed by atoms with Gasteiger partial charge < -0.3 is 5.73 Å². The zero-order valence-corrected chi connectivity index (χ0v) is 14.1. The molecule has 0 spiro atoms. The van der Waals surface area contributed by atoms with E-state index >= 15 is 0 Å². The molecular formula is C18H14F3N5O. The lowest BCUT2D eigenvalue weighted by molar-refractivity contribution is -0.137. The number of nitrogens with zero attached hydrogens (tertiary/aromatic N) is 4. The highest BCUT2D eigenvalue weighted by Gasteiger charge is 2.31. The Labute approximate surface area is 152 Å². The number of aryl methyl sites for hydroxylation is 1. The lowest BCUT2D eigenvalue weighted by Crippen LogP contribution is -2.14. The summed E-state index contributed by atoms with van der Waals surface area (Å²) >= 11 is 0. The first-order valence-electron chi connectivity index (χ1n) is 7.77. The van der Waals surface area contributed by atoms with E-state index in [-0.39, 0.29) is 17.0 Å². The number of carbonyl (C=O) groups excluding carboxylic acids is 1. The van der Waals surface area contributed by atoms with E-state index in [0.717, 1.165) is 12.1 Å². The van der Waals surface area contributed by atoms with Crippen molar-refractivity contribution >= 4 is 17.7 Å². The predicted molar refractivity (Wildman–Crippen MR) is 92.8 cm³/mol. The van der Waals surface area contributed by atoms with Crippen LogP contribution < -0.4 is 5.73 Å². The van der Waals surface area contributed by atoms with Crippen molar-refractivity contribution in [1.82, 2.24) is 19.7 Å². The molecule has 0 saturated carbocycles. The molecule has 0 aliphatic rings. The first-order valence-corrected chi connectivity index (χ1v) is 7.77. The van der Waals surface area contributed by atoms with Crippen LogP contribution in [0.1, 0.15) is 16.8 Å². The van der Waals surface area contributed by atoms with E-state index in [9.17, 15) is 18.0 Å². The van der Waals surface area contributed by atoms with Gasteiger partial charge in [0, 0.05) is 18.0 Å². The van der Waals surface area contributed by atoms with E-state index in [4.69, 9.17) is 5.73 Å². The van der Waals surface area contributed by atoms with E-state index in [1.807, 2.05) is 0 Å². The molecular weight excluding hydrogens is 359 g/mol. The third-order valence-corrected chi connectivity index (χ3v) is 3.64. The molecule has 3 aromatic rings. The number of halogens is 3. The number of nitrogens with two attached hydrogens (primary N) is 1. The Kier molecular flexibility index (Phi) is 4.76. The van der Waals surface area contributed by atoms with Gasteiger partial charge in [-0.05, 0) is 42.8 Å². The molecule has 1 amide bonds. The van der Waals surface area contributed by atoms with Crippen molar-refractivity contribution in [2.75, 3.05) is 0 Å². The summed E-state index contributed by atoms with van der Waals surface area (Å²) in [5, 5.41) is 4.12. The largest absolute Gasteiger partial charge is 0.416 e. The number of alkyl halides is 3. The molecule has 3 rings (SSSR count). The SMILES string of the molecule is Cc1cc(-c2ncn(C=C(C(N)=O)c3ccccn3)n2)cc(C(F)(F)F)c1. The van der Waals surface area contributed by atoms with Crippen LogP contribution in [0.25, 0.3) is 23.2 Å². The molecule has 2 heterocycles. The van der Waals surface area contributed by atoms with Crippen molar-refractivity contribution in [3.05, 3.63) is 65.7 Å². The third kappa shape index (κ3) is 4.20. The first kappa shape index (κ1) is 18.3. The molecule has 2 aromatic heterocycles. The standard InChI is InChI=1S/C18H14F3N5O/c1-11-6-12(8-13(7-11)18(19,20)21)17-24-10-26(25-17)9-14(16(22)27)15-4-2-3-5-23-15/h2-10H,1H3,(H2,22,27). The topological polar surface area (TPSA) is 86.7 Å². The number of hydrogen-bond donors (Lipinski definition) is 1. The lowest BCUT2D eigenvalue weighted by atomic mass is 10.1. The Balaban J connectivity index is 2.00. The normalized spacial score (nSPS) is 12.2. The Hall–Kier alpha value is -3.49. The van der Waals surface area contributed by atoms with Crippen LogP contribution in [0.5, 0.6) is 0 Å². The average Bonchev–Trinajstić information content (AvgIpc) is 3.08. The second kappa shape index (κ2) is 7.02. The van der Waals surface area contributed by atoms with Crippen molar-refractivity contribution in [1.29, 1.82) is 0 Å². The lowest BCUT2D eigenvalue weighted by Gasteiger charge is -2.09. The van der Waals surface area contributed by atoms with Gasteiger partial charge in [-0.15, -0.1) is 5.10 Å². The molecule has 0 fully saturated rings. The van der Waals surface area contributed by atoms with Crippen LogP contribution in [0, 0.1) is 6.92 Å². The number of amides is 1. The van der Waals surface area contributed by atoms with E-state index < -0.39 is 17.6 Å². The van der Waals surface area contributed by atoms with Crippen molar-refractivity contribution < 1.29 is 18.0 Å². The molecule has 0 aliphatic heterocycles. The number of pyridine rings is 1. The van der Waals surface area contributed by atoms with Crippen LogP contribution in [0.3, 0.4) is 0 Å². The molecule has 1 aromatic carbocycles. The average molecular weight is 373 g/mol. The molecule has 0 aliphatic carbocycles. The molecule has 138 valence electrons. The maximum atomic E-state index is 13.0. The summed E-state index contributed by atoms with van der Waals surface area (Å²) in [4.78, 5) is 19.8. The van der Waals surface area contributed by atoms with E-state index in [0.29, 0.717) is 11.3 Å². The summed E-state index contributed by atoms with van der Waals surface area (Å²) in [6.45, 7) is 1.56. The number of benzene rings is 1. The fourth-order valence-electron chi connectivity index (χ4n) is 2.46. The van der Waals surface area contributed by atoms with Crippen LogP contribution in [0.2, 0.25) is 0 Å². The highest BCUT2D eigenvalue weighted by molar-refractivity contribution is 6.21. The summed E-state index contributed by atoms with van der Waals surface area (Å²) in [6, 6.07) is 8.55. The van der Waals surface area contributed by atoms with Gasteiger partial charge in [-0.1, -0.05) is 6.07 Å². The smallest absolute Gasteiger partial charge is 0.365 e. The third-order valence-electron chi connectivity index (χ3n) is 3.64.